The van der Waals surface area contributed by atoms with Crippen LogP contribution in [0.2, 0.25) is 0 Å². The summed E-state index contributed by atoms with van der Waals surface area (Å²) in [6.45, 7) is 7.54. The lowest BCUT2D eigenvalue weighted by atomic mass is 9.88. The fraction of sp³-hybridized carbons (Fsp3) is 0.550. The van der Waals surface area contributed by atoms with Crippen LogP contribution >= 0.6 is 0 Å². The average Bonchev–Trinajstić information content (AvgIpc) is 2.87. The molecule has 0 unspecified atom stereocenters. The zero-order valence-corrected chi connectivity index (χ0v) is 14.9. The second-order valence-electron chi connectivity index (χ2n) is 7.06. The molecule has 130 valence electrons. The Morgan fingerprint density at radius 1 is 1.29 bits per heavy atom. The molecule has 2 aromatic rings. The van der Waals surface area contributed by atoms with Crippen molar-refractivity contribution in [2.75, 3.05) is 13.2 Å². The number of amides is 1. The third-order valence-electron chi connectivity index (χ3n) is 5.32. The quantitative estimate of drug-likeness (QED) is 0.812. The molecule has 0 saturated heterocycles. The molecule has 1 aromatic carbocycles. The molecule has 3 rings (SSSR count). The number of rotatable bonds is 5. The average molecular weight is 328 g/mol. The molecule has 0 spiro atoms. The summed E-state index contributed by atoms with van der Waals surface area (Å²) in [5, 5.41) is 4.09. The number of hydrogen-bond acceptors (Lipinski definition) is 2. The van der Waals surface area contributed by atoms with Gasteiger partial charge in [0, 0.05) is 28.7 Å². The van der Waals surface area contributed by atoms with Crippen molar-refractivity contribution in [3.05, 3.63) is 35.0 Å². The highest BCUT2D eigenvalue weighted by atomic mass is 16.5. The molecule has 1 heterocycles. The van der Waals surface area contributed by atoms with Crippen LogP contribution in [0.25, 0.3) is 10.9 Å². The Balaban J connectivity index is 1.52. The van der Waals surface area contributed by atoms with E-state index in [0.29, 0.717) is 30.7 Å². The van der Waals surface area contributed by atoms with Crippen molar-refractivity contribution in [2.24, 2.45) is 5.92 Å². The summed E-state index contributed by atoms with van der Waals surface area (Å²) in [7, 11) is 0. The number of aromatic nitrogens is 1. The van der Waals surface area contributed by atoms with Gasteiger partial charge in [0.05, 0.1) is 12.7 Å². The Morgan fingerprint density at radius 2 is 2.08 bits per heavy atom. The number of fused-ring (bicyclic) bond motifs is 1. The zero-order chi connectivity index (χ0) is 17.1. The summed E-state index contributed by atoms with van der Waals surface area (Å²) in [6, 6.07) is 5.81. The molecular weight excluding hydrogens is 300 g/mol. The van der Waals surface area contributed by atoms with Crippen molar-refractivity contribution in [1.82, 2.24) is 10.3 Å². The van der Waals surface area contributed by atoms with Crippen LogP contribution in [0, 0.1) is 19.8 Å². The first kappa shape index (κ1) is 17.0. The molecule has 0 aliphatic heterocycles. The standard InChI is InChI=1S/C20H28N2O2/c1-13-6-4-5-7-19(13)24-11-10-21-20(23)16-8-9-18-17(12-16)14(2)15(3)22-18/h8-9,12-13,19,22H,4-7,10-11H2,1-3H3,(H,21,23)/t13-,19-/m0/s1. The summed E-state index contributed by atoms with van der Waals surface area (Å²) in [5.74, 6) is 0.604. The largest absolute Gasteiger partial charge is 0.376 e. The first-order chi connectivity index (χ1) is 11.6. The van der Waals surface area contributed by atoms with Crippen molar-refractivity contribution in [1.29, 1.82) is 0 Å². The Bertz CT molecular complexity index is 720. The highest BCUT2D eigenvalue weighted by Gasteiger charge is 2.21. The lowest BCUT2D eigenvalue weighted by Gasteiger charge is -2.28. The topological polar surface area (TPSA) is 54.1 Å². The van der Waals surface area contributed by atoms with Crippen LogP contribution in [0.3, 0.4) is 0 Å². The lowest BCUT2D eigenvalue weighted by Crippen LogP contribution is -2.31. The van der Waals surface area contributed by atoms with E-state index in [1.807, 2.05) is 18.2 Å². The van der Waals surface area contributed by atoms with E-state index in [1.165, 1.54) is 24.8 Å². The van der Waals surface area contributed by atoms with Gasteiger partial charge in [-0.25, -0.2) is 0 Å². The second-order valence-corrected chi connectivity index (χ2v) is 7.06. The minimum Gasteiger partial charge on any atom is -0.376 e. The molecule has 4 heteroatoms. The van der Waals surface area contributed by atoms with Crippen LogP contribution in [-0.4, -0.2) is 30.1 Å². The first-order valence-electron chi connectivity index (χ1n) is 9.05. The number of benzene rings is 1. The maximum atomic E-state index is 12.3. The highest BCUT2D eigenvalue weighted by Crippen LogP contribution is 2.26. The molecule has 1 aliphatic rings. The number of H-pyrrole nitrogens is 1. The summed E-state index contributed by atoms with van der Waals surface area (Å²) in [5.41, 5.74) is 4.14. The zero-order valence-electron chi connectivity index (χ0n) is 14.9. The third kappa shape index (κ3) is 3.64. The van der Waals surface area contributed by atoms with Gasteiger partial charge in [0.15, 0.2) is 0 Å². The highest BCUT2D eigenvalue weighted by molar-refractivity contribution is 5.99. The van der Waals surface area contributed by atoms with E-state index in [4.69, 9.17) is 4.74 Å². The smallest absolute Gasteiger partial charge is 0.251 e. The van der Waals surface area contributed by atoms with E-state index in [2.05, 4.69) is 31.1 Å². The number of carbonyl (C=O) groups is 1. The molecule has 0 radical (unpaired) electrons. The number of aryl methyl sites for hydroxylation is 2. The van der Waals surface area contributed by atoms with Gasteiger partial charge >= 0.3 is 0 Å². The maximum Gasteiger partial charge on any atom is 0.251 e. The monoisotopic (exact) mass is 328 g/mol. The molecule has 1 aliphatic carbocycles. The van der Waals surface area contributed by atoms with Crippen LogP contribution in [0.5, 0.6) is 0 Å². The fourth-order valence-electron chi connectivity index (χ4n) is 3.61. The molecule has 1 saturated carbocycles. The van der Waals surface area contributed by atoms with Crippen molar-refractivity contribution in [3.63, 3.8) is 0 Å². The molecule has 1 fully saturated rings. The SMILES string of the molecule is Cc1[nH]c2ccc(C(=O)NCCO[C@H]3CCCC[C@@H]3C)cc2c1C. The van der Waals surface area contributed by atoms with Crippen LogP contribution in [0.1, 0.15) is 54.2 Å². The number of aromatic amines is 1. The van der Waals surface area contributed by atoms with E-state index in [-0.39, 0.29) is 5.91 Å². The number of hydrogen-bond donors (Lipinski definition) is 2. The van der Waals surface area contributed by atoms with E-state index in [0.717, 1.165) is 23.0 Å². The summed E-state index contributed by atoms with van der Waals surface area (Å²) < 4.78 is 5.95. The van der Waals surface area contributed by atoms with Gasteiger partial charge in [-0.05, 0) is 56.4 Å². The summed E-state index contributed by atoms with van der Waals surface area (Å²) in [4.78, 5) is 15.7. The molecular formula is C20H28N2O2. The summed E-state index contributed by atoms with van der Waals surface area (Å²) in [6.07, 6.45) is 5.34. The number of ether oxygens (including phenoxy) is 1. The molecule has 4 nitrogen and oxygen atoms in total. The molecule has 2 atom stereocenters. The predicted octanol–water partition coefficient (Wildman–Crippen LogP) is 4.11. The minimum absolute atomic E-state index is 0.0320. The molecule has 1 amide bonds. The Labute approximate surface area is 144 Å². The Hall–Kier alpha value is -1.81. The van der Waals surface area contributed by atoms with Gasteiger partial charge in [0.2, 0.25) is 0 Å². The van der Waals surface area contributed by atoms with Gasteiger partial charge in [0.25, 0.3) is 5.91 Å². The van der Waals surface area contributed by atoms with E-state index in [9.17, 15) is 4.79 Å². The van der Waals surface area contributed by atoms with Gasteiger partial charge in [-0.15, -0.1) is 0 Å². The van der Waals surface area contributed by atoms with Crippen LogP contribution in [0.4, 0.5) is 0 Å². The molecule has 24 heavy (non-hydrogen) atoms. The first-order valence-corrected chi connectivity index (χ1v) is 9.05. The minimum atomic E-state index is -0.0320. The van der Waals surface area contributed by atoms with Crippen LogP contribution in [0.15, 0.2) is 18.2 Å². The third-order valence-corrected chi connectivity index (χ3v) is 5.32. The predicted molar refractivity (Wildman–Crippen MR) is 97.5 cm³/mol. The molecule has 1 aromatic heterocycles. The van der Waals surface area contributed by atoms with Crippen LogP contribution in [-0.2, 0) is 4.74 Å². The maximum absolute atomic E-state index is 12.3. The lowest BCUT2D eigenvalue weighted by molar-refractivity contribution is -0.00293. The van der Waals surface area contributed by atoms with Gasteiger partial charge in [-0.1, -0.05) is 19.8 Å². The molecule has 0 bridgehead atoms. The van der Waals surface area contributed by atoms with Gasteiger partial charge < -0.3 is 15.0 Å². The molecule has 2 N–H and O–H groups in total. The van der Waals surface area contributed by atoms with Crippen molar-refractivity contribution >= 4 is 16.8 Å². The summed E-state index contributed by atoms with van der Waals surface area (Å²) >= 11 is 0. The van der Waals surface area contributed by atoms with E-state index in [1.54, 1.807) is 0 Å². The van der Waals surface area contributed by atoms with Crippen LogP contribution < -0.4 is 5.32 Å². The number of carbonyl (C=O) groups excluding carboxylic acids is 1. The van der Waals surface area contributed by atoms with Crippen molar-refractivity contribution in [2.45, 2.75) is 52.6 Å². The van der Waals surface area contributed by atoms with Gasteiger partial charge in [0.1, 0.15) is 0 Å². The van der Waals surface area contributed by atoms with Gasteiger partial charge in [-0.2, -0.15) is 0 Å². The van der Waals surface area contributed by atoms with E-state index < -0.39 is 0 Å². The number of nitrogens with one attached hydrogen (secondary N) is 2. The van der Waals surface area contributed by atoms with Crippen molar-refractivity contribution in [3.8, 4) is 0 Å². The second kappa shape index (κ2) is 7.39. The normalized spacial score (nSPS) is 21.1. The Kier molecular flexibility index (Phi) is 5.24. The fourth-order valence-corrected chi connectivity index (χ4v) is 3.61. The Morgan fingerprint density at radius 3 is 2.88 bits per heavy atom. The van der Waals surface area contributed by atoms with Gasteiger partial charge in [-0.3, -0.25) is 4.79 Å². The van der Waals surface area contributed by atoms with Crippen molar-refractivity contribution < 1.29 is 9.53 Å². The van der Waals surface area contributed by atoms with E-state index >= 15 is 0 Å².